The number of carbonyl (C=O) groups is 2. The summed E-state index contributed by atoms with van der Waals surface area (Å²) in [5, 5.41) is 0. The fourth-order valence-electron chi connectivity index (χ4n) is 3.44. The maximum atomic E-state index is 13.0. The molecule has 1 aliphatic rings. The number of carbonyl (C=O) groups excluding carboxylic acids is 2. The van der Waals surface area contributed by atoms with Crippen LogP contribution in [0.4, 0.5) is 11.4 Å². The molecule has 3 rings (SSSR count). The molecule has 2 N–H and O–H groups in total. The van der Waals surface area contributed by atoms with Crippen molar-refractivity contribution in [2.45, 2.75) is 25.8 Å². The SMILES string of the molecule is CC(C)N(C(=O)CN1CC(C(N)=O)c2ccccc21)c1ccccc1. The predicted octanol–water partition coefficient (Wildman–Crippen LogP) is 2.52. The predicted molar refractivity (Wildman–Crippen MR) is 99.7 cm³/mol. The van der Waals surface area contributed by atoms with Crippen LogP contribution >= 0.6 is 0 Å². The van der Waals surface area contributed by atoms with Gasteiger partial charge >= 0.3 is 0 Å². The summed E-state index contributed by atoms with van der Waals surface area (Å²) >= 11 is 0. The third-order valence-electron chi connectivity index (χ3n) is 4.54. The van der Waals surface area contributed by atoms with Crippen molar-refractivity contribution in [3.05, 3.63) is 60.2 Å². The Bertz CT molecular complexity index is 774. The van der Waals surface area contributed by atoms with Crippen LogP contribution in [-0.2, 0) is 9.59 Å². The summed E-state index contributed by atoms with van der Waals surface area (Å²) < 4.78 is 0. The van der Waals surface area contributed by atoms with E-state index in [1.54, 1.807) is 4.90 Å². The van der Waals surface area contributed by atoms with E-state index in [2.05, 4.69) is 0 Å². The van der Waals surface area contributed by atoms with Gasteiger partial charge in [0, 0.05) is 24.0 Å². The van der Waals surface area contributed by atoms with Crippen molar-refractivity contribution < 1.29 is 9.59 Å². The van der Waals surface area contributed by atoms with Crippen LogP contribution in [0.3, 0.4) is 0 Å². The van der Waals surface area contributed by atoms with Crippen molar-refractivity contribution in [2.75, 3.05) is 22.9 Å². The molecule has 0 fully saturated rings. The molecule has 0 bridgehead atoms. The van der Waals surface area contributed by atoms with Crippen LogP contribution in [0.15, 0.2) is 54.6 Å². The molecule has 2 aromatic carbocycles. The van der Waals surface area contributed by atoms with Gasteiger partial charge in [0.25, 0.3) is 0 Å². The van der Waals surface area contributed by atoms with Crippen molar-refractivity contribution in [3.63, 3.8) is 0 Å². The Kier molecular flexibility index (Phi) is 4.74. The Balaban J connectivity index is 1.84. The Labute approximate surface area is 148 Å². The Morgan fingerprint density at radius 1 is 1.12 bits per heavy atom. The number of para-hydroxylation sites is 2. The van der Waals surface area contributed by atoms with Crippen molar-refractivity contribution >= 4 is 23.2 Å². The zero-order valence-corrected chi connectivity index (χ0v) is 14.6. The molecule has 0 radical (unpaired) electrons. The molecular weight excluding hydrogens is 314 g/mol. The third kappa shape index (κ3) is 3.36. The fourth-order valence-corrected chi connectivity index (χ4v) is 3.44. The molecule has 2 aromatic rings. The average Bonchev–Trinajstić information content (AvgIpc) is 2.95. The first-order chi connectivity index (χ1) is 12.0. The molecule has 5 nitrogen and oxygen atoms in total. The van der Waals surface area contributed by atoms with E-state index in [9.17, 15) is 9.59 Å². The smallest absolute Gasteiger partial charge is 0.246 e. The minimum absolute atomic E-state index is 0.00104. The van der Waals surface area contributed by atoms with Crippen molar-refractivity contribution in [1.82, 2.24) is 0 Å². The minimum atomic E-state index is -0.367. The standard InChI is InChI=1S/C20H23N3O2/c1-14(2)23(15-8-4-3-5-9-15)19(24)13-22-12-17(20(21)25)16-10-6-7-11-18(16)22/h3-11,14,17H,12-13H2,1-2H3,(H2,21,25). The molecule has 0 spiro atoms. The first-order valence-corrected chi connectivity index (χ1v) is 8.49. The number of benzene rings is 2. The molecule has 130 valence electrons. The third-order valence-corrected chi connectivity index (χ3v) is 4.54. The van der Waals surface area contributed by atoms with E-state index < -0.39 is 0 Å². The van der Waals surface area contributed by atoms with E-state index in [4.69, 9.17) is 5.73 Å². The number of rotatable bonds is 5. The zero-order valence-electron chi connectivity index (χ0n) is 14.6. The van der Waals surface area contributed by atoms with E-state index in [1.807, 2.05) is 73.3 Å². The topological polar surface area (TPSA) is 66.6 Å². The van der Waals surface area contributed by atoms with Gasteiger partial charge in [-0.2, -0.15) is 0 Å². The summed E-state index contributed by atoms with van der Waals surface area (Å²) in [5.41, 5.74) is 8.23. The average molecular weight is 337 g/mol. The van der Waals surface area contributed by atoms with Crippen molar-refractivity contribution in [1.29, 1.82) is 0 Å². The first-order valence-electron chi connectivity index (χ1n) is 8.49. The van der Waals surface area contributed by atoms with Crippen molar-refractivity contribution in [3.8, 4) is 0 Å². The quantitative estimate of drug-likeness (QED) is 0.912. The highest BCUT2D eigenvalue weighted by atomic mass is 16.2. The highest BCUT2D eigenvalue weighted by Crippen LogP contribution is 2.35. The number of nitrogens with two attached hydrogens (primary N) is 1. The Morgan fingerprint density at radius 2 is 1.76 bits per heavy atom. The van der Waals surface area contributed by atoms with Crippen LogP contribution in [0.5, 0.6) is 0 Å². The largest absolute Gasteiger partial charge is 0.369 e. The summed E-state index contributed by atoms with van der Waals surface area (Å²) in [6.45, 7) is 4.65. The van der Waals surface area contributed by atoms with Crippen LogP contribution in [-0.4, -0.2) is 30.9 Å². The van der Waals surface area contributed by atoms with E-state index in [0.29, 0.717) is 6.54 Å². The molecule has 0 saturated heterocycles. The molecule has 1 atom stereocenters. The number of nitrogens with zero attached hydrogens (tertiary/aromatic N) is 2. The van der Waals surface area contributed by atoms with Gasteiger partial charge in [-0.05, 0) is 37.6 Å². The number of anilines is 2. The van der Waals surface area contributed by atoms with E-state index >= 15 is 0 Å². The molecule has 2 amide bonds. The normalized spacial score (nSPS) is 16.0. The van der Waals surface area contributed by atoms with E-state index in [-0.39, 0.29) is 30.3 Å². The Hall–Kier alpha value is -2.82. The van der Waals surface area contributed by atoms with Gasteiger partial charge in [0.15, 0.2) is 0 Å². The maximum Gasteiger partial charge on any atom is 0.246 e. The summed E-state index contributed by atoms with van der Waals surface area (Å²) in [7, 11) is 0. The molecule has 5 heteroatoms. The van der Waals surface area contributed by atoms with Gasteiger partial charge in [0.05, 0.1) is 12.5 Å². The van der Waals surface area contributed by atoms with Crippen molar-refractivity contribution in [2.24, 2.45) is 5.73 Å². The van der Waals surface area contributed by atoms with Gasteiger partial charge in [-0.3, -0.25) is 9.59 Å². The number of hydrogen-bond donors (Lipinski definition) is 1. The fraction of sp³-hybridized carbons (Fsp3) is 0.300. The van der Waals surface area contributed by atoms with E-state index in [0.717, 1.165) is 16.9 Å². The molecule has 25 heavy (non-hydrogen) atoms. The van der Waals surface area contributed by atoms with Gasteiger partial charge in [-0.25, -0.2) is 0 Å². The van der Waals surface area contributed by atoms with Gasteiger partial charge in [0.1, 0.15) is 0 Å². The molecule has 0 aromatic heterocycles. The lowest BCUT2D eigenvalue weighted by Gasteiger charge is -2.29. The molecule has 0 saturated carbocycles. The monoisotopic (exact) mass is 337 g/mol. The lowest BCUT2D eigenvalue weighted by atomic mass is 10.0. The Morgan fingerprint density at radius 3 is 2.40 bits per heavy atom. The second-order valence-corrected chi connectivity index (χ2v) is 6.59. The highest BCUT2D eigenvalue weighted by Gasteiger charge is 2.34. The van der Waals surface area contributed by atoms with E-state index in [1.165, 1.54) is 0 Å². The molecule has 1 heterocycles. The molecule has 1 aliphatic heterocycles. The first kappa shape index (κ1) is 17.0. The number of hydrogen-bond acceptors (Lipinski definition) is 3. The van der Waals surface area contributed by atoms with Crippen LogP contribution in [0.25, 0.3) is 0 Å². The summed E-state index contributed by atoms with van der Waals surface area (Å²) in [6, 6.07) is 17.3. The lowest BCUT2D eigenvalue weighted by Crippen LogP contribution is -2.44. The van der Waals surface area contributed by atoms with Crippen LogP contribution < -0.4 is 15.5 Å². The second kappa shape index (κ2) is 6.97. The lowest BCUT2D eigenvalue weighted by molar-refractivity contribution is -0.120. The van der Waals surface area contributed by atoms with Gasteiger partial charge < -0.3 is 15.5 Å². The van der Waals surface area contributed by atoms with Crippen LogP contribution in [0.2, 0.25) is 0 Å². The zero-order chi connectivity index (χ0) is 18.0. The number of fused-ring (bicyclic) bond motifs is 1. The van der Waals surface area contributed by atoms with Crippen LogP contribution in [0, 0.1) is 0 Å². The van der Waals surface area contributed by atoms with Gasteiger partial charge in [-0.1, -0.05) is 36.4 Å². The molecular formula is C20H23N3O2. The van der Waals surface area contributed by atoms with Crippen LogP contribution in [0.1, 0.15) is 25.3 Å². The van der Waals surface area contributed by atoms with Gasteiger partial charge in [-0.15, -0.1) is 0 Å². The second-order valence-electron chi connectivity index (χ2n) is 6.59. The van der Waals surface area contributed by atoms with Gasteiger partial charge in [0.2, 0.25) is 11.8 Å². The highest BCUT2D eigenvalue weighted by molar-refractivity contribution is 5.98. The summed E-state index contributed by atoms with van der Waals surface area (Å²) in [4.78, 5) is 28.5. The number of amides is 2. The molecule has 1 unspecified atom stereocenters. The summed E-state index contributed by atoms with van der Waals surface area (Å²) in [6.07, 6.45) is 0. The maximum absolute atomic E-state index is 13.0. The summed E-state index contributed by atoms with van der Waals surface area (Å²) in [5.74, 6) is -0.722. The number of primary amides is 1. The molecule has 0 aliphatic carbocycles. The minimum Gasteiger partial charge on any atom is -0.369 e.